The van der Waals surface area contributed by atoms with Crippen LogP contribution in [0.4, 0.5) is 0 Å². The molecule has 1 fully saturated rings. The average molecular weight is 315 g/mol. The van der Waals surface area contributed by atoms with E-state index in [9.17, 15) is 9.59 Å². The molecule has 0 spiro atoms. The van der Waals surface area contributed by atoms with Crippen LogP contribution in [0.15, 0.2) is 24.3 Å². The number of nitrogens with one attached hydrogen (secondary N) is 1. The lowest BCUT2D eigenvalue weighted by atomic mass is 9.88. The van der Waals surface area contributed by atoms with Crippen LogP contribution < -0.4 is 11.1 Å². The summed E-state index contributed by atoms with van der Waals surface area (Å²) in [6.45, 7) is 1.02. The van der Waals surface area contributed by atoms with Gasteiger partial charge in [-0.05, 0) is 49.8 Å². The Balaban J connectivity index is 1.62. The Morgan fingerprint density at radius 2 is 2.00 bits per heavy atom. The van der Waals surface area contributed by atoms with Crippen LogP contribution in [0.25, 0.3) is 0 Å². The van der Waals surface area contributed by atoms with Crippen LogP contribution in [-0.4, -0.2) is 35.8 Å². The maximum atomic E-state index is 12.5. The molecule has 2 atom stereocenters. The molecule has 3 rings (SSSR count). The number of nitrogens with zero attached hydrogens (tertiary/aromatic N) is 1. The summed E-state index contributed by atoms with van der Waals surface area (Å²) < 4.78 is 0. The molecular weight excluding hydrogens is 290 g/mol. The highest BCUT2D eigenvalue weighted by Crippen LogP contribution is 2.29. The Kier molecular flexibility index (Phi) is 4.96. The highest BCUT2D eigenvalue weighted by atomic mass is 16.2. The van der Waals surface area contributed by atoms with Gasteiger partial charge in [-0.2, -0.15) is 0 Å². The Morgan fingerprint density at radius 3 is 2.83 bits per heavy atom. The quantitative estimate of drug-likeness (QED) is 0.884. The number of hydrogen-bond acceptors (Lipinski definition) is 3. The van der Waals surface area contributed by atoms with Crippen molar-refractivity contribution in [2.24, 2.45) is 5.73 Å². The second-order valence-electron chi connectivity index (χ2n) is 6.60. The van der Waals surface area contributed by atoms with E-state index in [0.29, 0.717) is 0 Å². The van der Waals surface area contributed by atoms with E-state index in [1.165, 1.54) is 11.1 Å². The van der Waals surface area contributed by atoms with E-state index in [1.807, 2.05) is 17.0 Å². The summed E-state index contributed by atoms with van der Waals surface area (Å²) in [6.07, 6.45) is 5.93. The van der Waals surface area contributed by atoms with E-state index < -0.39 is 0 Å². The summed E-state index contributed by atoms with van der Waals surface area (Å²) in [7, 11) is 0. The molecule has 1 aromatic carbocycles. The van der Waals surface area contributed by atoms with Gasteiger partial charge in [-0.3, -0.25) is 14.5 Å². The van der Waals surface area contributed by atoms with Gasteiger partial charge in [-0.15, -0.1) is 0 Å². The molecule has 1 aliphatic heterocycles. The van der Waals surface area contributed by atoms with Crippen LogP contribution in [0.1, 0.15) is 49.3 Å². The minimum absolute atomic E-state index is 0.0140. The van der Waals surface area contributed by atoms with Crippen molar-refractivity contribution in [3.8, 4) is 0 Å². The molecule has 1 heterocycles. The zero-order chi connectivity index (χ0) is 16.2. The Labute approximate surface area is 137 Å². The molecule has 2 aliphatic rings. The molecule has 3 N–H and O–H groups in total. The molecule has 23 heavy (non-hydrogen) atoms. The number of nitrogens with two attached hydrogens (primary N) is 1. The lowest BCUT2D eigenvalue weighted by molar-refractivity contribution is -0.128. The standard InChI is InChI=1S/C18H25N3O2/c19-18(23)16-10-3-4-11-21(16)12-17(22)20-15-9-5-7-13-6-1-2-8-14(13)15/h1-2,6,8,15-16H,3-5,7,9-12H2,(H2,19,23)(H,20,22)/t15-,16-/m0/s1. The smallest absolute Gasteiger partial charge is 0.234 e. The number of benzene rings is 1. The predicted octanol–water partition coefficient (Wildman–Crippen LogP) is 1.52. The van der Waals surface area contributed by atoms with Gasteiger partial charge in [0.15, 0.2) is 0 Å². The number of hydrogen-bond donors (Lipinski definition) is 2. The Hall–Kier alpha value is -1.88. The fourth-order valence-electron chi connectivity index (χ4n) is 3.83. The highest BCUT2D eigenvalue weighted by Gasteiger charge is 2.29. The SMILES string of the molecule is NC(=O)[C@@H]1CCCCN1CC(=O)N[C@H]1CCCc2ccccc21. The van der Waals surface area contributed by atoms with E-state index in [2.05, 4.69) is 17.4 Å². The summed E-state index contributed by atoms with van der Waals surface area (Å²) in [5.74, 6) is -0.333. The lowest BCUT2D eigenvalue weighted by Gasteiger charge is -2.34. The first-order valence-corrected chi connectivity index (χ1v) is 8.55. The average Bonchev–Trinajstić information content (AvgIpc) is 2.55. The van der Waals surface area contributed by atoms with E-state index in [0.717, 1.165) is 45.1 Å². The van der Waals surface area contributed by atoms with Gasteiger partial charge in [0.05, 0.1) is 18.6 Å². The summed E-state index contributed by atoms with van der Waals surface area (Å²) in [4.78, 5) is 25.9. The van der Waals surface area contributed by atoms with Gasteiger partial charge < -0.3 is 11.1 Å². The van der Waals surface area contributed by atoms with Crippen molar-refractivity contribution >= 4 is 11.8 Å². The zero-order valence-electron chi connectivity index (χ0n) is 13.5. The third-order valence-electron chi connectivity index (χ3n) is 4.99. The summed E-state index contributed by atoms with van der Waals surface area (Å²) in [6, 6.07) is 8.11. The Bertz CT molecular complexity index is 587. The maximum absolute atomic E-state index is 12.5. The maximum Gasteiger partial charge on any atom is 0.234 e. The van der Waals surface area contributed by atoms with Gasteiger partial charge in [0, 0.05) is 0 Å². The van der Waals surface area contributed by atoms with Crippen LogP contribution in [0.2, 0.25) is 0 Å². The number of carbonyl (C=O) groups excluding carboxylic acids is 2. The summed E-state index contributed by atoms with van der Waals surface area (Å²) in [5, 5.41) is 3.15. The molecule has 0 aromatic heterocycles. The number of piperidine rings is 1. The third kappa shape index (κ3) is 3.72. The van der Waals surface area contributed by atoms with Crippen molar-refractivity contribution in [2.45, 2.75) is 50.6 Å². The second kappa shape index (κ2) is 7.13. The van der Waals surface area contributed by atoms with Crippen molar-refractivity contribution in [1.82, 2.24) is 10.2 Å². The first-order valence-electron chi connectivity index (χ1n) is 8.55. The molecule has 5 heteroatoms. The minimum Gasteiger partial charge on any atom is -0.368 e. The Morgan fingerprint density at radius 1 is 1.17 bits per heavy atom. The van der Waals surface area contributed by atoms with Gasteiger partial charge >= 0.3 is 0 Å². The van der Waals surface area contributed by atoms with Crippen LogP contribution >= 0.6 is 0 Å². The largest absolute Gasteiger partial charge is 0.368 e. The number of rotatable bonds is 4. The molecule has 0 unspecified atom stereocenters. The van der Waals surface area contributed by atoms with Crippen LogP contribution in [0.3, 0.4) is 0 Å². The monoisotopic (exact) mass is 315 g/mol. The van der Waals surface area contributed by atoms with E-state index in [-0.39, 0.29) is 30.4 Å². The molecule has 0 radical (unpaired) electrons. The van der Waals surface area contributed by atoms with Crippen molar-refractivity contribution in [1.29, 1.82) is 0 Å². The molecule has 0 saturated carbocycles. The highest BCUT2D eigenvalue weighted by molar-refractivity contribution is 5.82. The number of aryl methyl sites for hydroxylation is 1. The topological polar surface area (TPSA) is 75.4 Å². The molecular formula is C18H25N3O2. The number of likely N-dealkylation sites (tertiary alicyclic amines) is 1. The molecule has 5 nitrogen and oxygen atoms in total. The predicted molar refractivity (Wildman–Crippen MR) is 88.7 cm³/mol. The number of primary amides is 1. The fraction of sp³-hybridized carbons (Fsp3) is 0.556. The first kappa shape index (κ1) is 16.0. The van der Waals surface area contributed by atoms with Crippen LogP contribution in [0, 0.1) is 0 Å². The molecule has 0 bridgehead atoms. The molecule has 1 saturated heterocycles. The van der Waals surface area contributed by atoms with E-state index in [4.69, 9.17) is 5.73 Å². The molecule has 1 aliphatic carbocycles. The van der Waals surface area contributed by atoms with Gasteiger partial charge in [-0.1, -0.05) is 30.7 Å². The minimum atomic E-state index is -0.319. The third-order valence-corrected chi connectivity index (χ3v) is 4.99. The molecule has 124 valence electrons. The van der Waals surface area contributed by atoms with Crippen molar-refractivity contribution in [2.75, 3.05) is 13.1 Å². The normalized spacial score (nSPS) is 24.7. The lowest BCUT2D eigenvalue weighted by Crippen LogP contribution is -2.51. The first-order chi connectivity index (χ1) is 11.1. The summed E-state index contributed by atoms with van der Waals surface area (Å²) >= 11 is 0. The van der Waals surface area contributed by atoms with Crippen molar-refractivity contribution in [3.05, 3.63) is 35.4 Å². The van der Waals surface area contributed by atoms with Gasteiger partial charge in [0.1, 0.15) is 0 Å². The van der Waals surface area contributed by atoms with E-state index >= 15 is 0 Å². The van der Waals surface area contributed by atoms with Crippen molar-refractivity contribution in [3.63, 3.8) is 0 Å². The summed E-state index contributed by atoms with van der Waals surface area (Å²) in [5.41, 5.74) is 8.03. The fourth-order valence-corrected chi connectivity index (χ4v) is 3.83. The van der Waals surface area contributed by atoms with Gasteiger partial charge in [-0.25, -0.2) is 0 Å². The number of carbonyl (C=O) groups is 2. The van der Waals surface area contributed by atoms with Crippen LogP contribution in [-0.2, 0) is 16.0 Å². The molecule has 2 amide bonds. The molecule has 1 aromatic rings. The van der Waals surface area contributed by atoms with Crippen molar-refractivity contribution < 1.29 is 9.59 Å². The second-order valence-corrected chi connectivity index (χ2v) is 6.60. The van der Waals surface area contributed by atoms with Crippen LogP contribution in [0.5, 0.6) is 0 Å². The zero-order valence-corrected chi connectivity index (χ0v) is 13.5. The van der Waals surface area contributed by atoms with E-state index in [1.54, 1.807) is 0 Å². The number of amides is 2. The van der Waals surface area contributed by atoms with Gasteiger partial charge in [0.25, 0.3) is 0 Å². The van der Waals surface area contributed by atoms with Gasteiger partial charge in [0.2, 0.25) is 11.8 Å². The number of fused-ring (bicyclic) bond motifs is 1.